The zero-order valence-corrected chi connectivity index (χ0v) is 14.7. The summed E-state index contributed by atoms with van der Waals surface area (Å²) >= 11 is 1.40. The molecule has 0 saturated carbocycles. The quantitative estimate of drug-likeness (QED) is 0.822. The first kappa shape index (κ1) is 17.2. The van der Waals surface area contributed by atoms with Crippen molar-refractivity contribution in [1.82, 2.24) is 20.0 Å². The van der Waals surface area contributed by atoms with Gasteiger partial charge in [-0.15, -0.1) is 10.2 Å². The molecule has 9 heteroatoms. The van der Waals surface area contributed by atoms with Gasteiger partial charge in [0, 0.05) is 32.8 Å². The molecule has 24 heavy (non-hydrogen) atoms. The van der Waals surface area contributed by atoms with Crippen LogP contribution in [0.3, 0.4) is 0 Å². The second-order valence-corrected chi connectivity index (χ2v) is 7.07. The normalized spacial score (nSPS) is 21.9. The van der Waals surface area contributed by atoms with E-state index in [1.165, 1.54) is 11.3 Å². The van der Waals surface area contributed by atoms with Gasteiger partial charge in [-0.25, -0.2) is 0 Å². The Kier molecular flexibility index (Phi) is 5.75. The first-order chi connectivity index (χ1) is 11.7. The lowest BCUT2D eigenvalue weighted by Crippen LogP contribution is -2.52. The van der Waals surface area contributed by atoms with Crippen LogP contribution in [0.2, 0.25) is 0 Å². The van der Waals surface area contributed by atoms with E-state index < -0.39 is 0 Å². The van der Waals surface area contributed by atoms with Gasteiger partial charge in [0.1, 0.15) is 11.1 Å². The molecule has 132 valence electrons. The molecule has 0 aliphatic carbocycles. The molecule has 0 spiro atoms. The summed E-state index contributed by atoms with van der Waals surface area (Å²) in [7, 11) is 0. The Morgan fingerprint density at radius 2 is 2.08 bits per heavy atom. The SMILES string of the molecule is CCc1nnc(NC(=O)CN2CCN(C(=O)[C@H]3CCCO3)CC2)s1. The first-order valence-corrected chi connectivity index (χ1v) is 9.22. The molecule has 3 rings (SSSR count). The van der Waals surface area contributed by atoms with Crippen molar-refractivity contribution in [3.05, 3.63) is 5.01 Å². The molecule has 1 N–H and O–H groups in total. The Hall–Kier alpha value is -1.58. The maximum absolute atomic E-state index is 12.3. The maximum Gasteiger partial charge on any atom is 0.251 e. The van der Waals surface area contributed by atoms with E-state index in [0.29, 0.717) is 44.5 Å². The molecular weight excluding hydrogens is 330 g/mol. The fraction of sp³-hybridized carbons (Fsp3) is 0.733. The number of carbonyl (C=O) groups excluding carboxylic acids is 2. The van der Waals surface area contributed by atoms with Crippen LogP contribution in [0.1, 0.15) is 24.8 Å². The van der Waals surface area contributed by atoms with Gasteiger partial charge in [-0.2, -0.15) is 0 Å². The lowest BCUT2D eigenvalue weighted by Gasteiger charge is -2.35. The highest BCUT2D eigenvalue weighted by molar-refractivity contribution is 7.15. The molecule has 3 heterocycles. The highest BCUT2D eigenvalue weighted by Gasteiger charge is 2.30. The van der Waals surface area contributed by atoms with Crippen molar-refractivity contribution < 1.29 is 14.3 Å². The van der Waals surface area contributed by atoms with Crippen LogP contribution in [0.5, 0.6) is 0 Å². The average Bonchev–Trinajstić information content (AvgIpc) is 3.26. The van der Waals surface area contributed by atoms with Crippen LogP contribution in [-0.2, 0) is 20.7 Å². The molecule has 0 bridgehead atoms. The molecule has 2 aliphatic heterocycles. The van der Waals surface area contributed by atoms with Crippen LogP contribution in [0, 0.1) is 0 Å². The Bertz CT molecular complexity index is 579. The lowest BCUT2D eigenvalue weighted by atomic mass is 10.2. The van der Waals surface area contributed by atoms with Gasteiger partial charge in [0.2, 0.25) is 11.0 Å². The van der Waals surface area contributed by atoms with E-state index in [1.807, 2.05) is 11.8 Å². The van der Waals surface area contributed by atoms with Gasteiger partial charge in [0.25, 0.3) is 5.91 Å². The van der Waals surface area contributed by atoms with Crippen molar-refractivity contribution in [1.29, 1.82) is 0 Å². The standard InChI is InChI=1S/C15H23N5O3S/c1-2-13-17-18-15(24-13)16-12(21)10-19-5-7-20(8-6-19)14(22)11-4-3-9-23-11/h11H,2-10H2,1H3,(H,16,18,21)/t11-/m1/s1. The van der Waals surface area contributed by atoms with Gasteiger partial charge < -0.3 is 9.64 Å². The van der Waals surface area contributed by atoms with Gasteiger partial charge in [0.15, 0.2) is 0 Å². The Balaban J connectivity index is 1.41. The van der Waals surface area contributed by atoms with E-state index in [1.54, 1.807) is 0 Å². The molecule has 2 aliphatic rings. The molecule has 8 nitrogen and oxygen atoms in total. The number of hydrogen-bond donors (Lipinski definition) is 1. The van der Waals surface area contributed by atoms with E-state index >= 15 is 0 Å². The van der Waals surface area contributed by atoms with Gasteiger partial charge in [0.05, 0.1) is 6.54 Å². The van der Waals surface area contributed by atoms with E-state index in [4.69, 9.17) is 4.74 Å². The van der Waals surface area contributed by atoms with Crippen LogP contribution in [0.15, 0.2) is 0 Å². The number of nitrogens with one attached hydrogen (secondary N) is 1. The lowest BCUT2D eigenvalue weighted by molar-refractivity contribution is -0.142. The summed E-state index contributed by atoms with van der Waals surface area (Å²) in [5.41, 5.74) is 0. The fourth-order valence-electron chi connectivity index (χ4n) is 2.91. The van der Waals surface area contributed by atoms with Crippen molar-refractivity contribution in [2.24, 2.45) is 0 Å². The summed E-state index contributed by atoms with van der Waals surface area (Å²) in [6, 6.07) is 0. The number of amides is 2. The van der Waals surface area contributed by atoms with E-state index in [2.05, 4.69) is 20.4 Å². The van der Waals surface area contributed by atoms with Crippen LogP contribution in [0.25, 0.3) is 0 Å². The highest BCUT2D eigenvalue weighted by Crippen LogP contribution is 2.17. The number of carbonyl (C=O) groups is 2. The molecular formula is C15H23N5O3S. The average molecular weight is 353 g/mol. The summed E-state index contributed by atoms with van der Waals surface area (Å²) in [6.45, 7) is 5.67. The predicted octanol–water partition coefficient (Wildman–Crippen LogP) is 0.362. The minimum absolute atomic E-state index is 0.0901. The number of aromatic nitrogens is 2. The predicted molar refractivity (Wildman–Crippen MR) is 89.9 cm³/mol. The third-order valence-corrected chi connectivity index (χ3v) is 5.25. The number of nitrogens with zero attached hydrogens (tertiary/aromatic N) is 4. The molecule has 2 fully saturated rings. The third kappa shape index (κ3) is 4.28. The van der Waals surface area contributed by atoms with Crippen molar-refractivity contribution in [3.63, 3.8) is 0 Å². The van der Waals surface area contributed by atoms with E-state index in [9.17, 15) is 9.59 Å². The van der Waals surface area contributed by atoms with Crippen molar-refractivity contribution in [2.45, 2.75) is 32.3 Å². The summed E-state index contributed by atoms with van der Waals surface area (Å²) in [6.07, 6.45) is 2.34. The van der Waals surface area contributed by atoms with Crippen LogP contribution in [0.4, 0.5) is 5.13 Å². The zero-order valence-electron chi connectivity index (χ0n) is 13.9. The topological polar surface area (TPSA) is 87.7 Å². The molecule has 1 aromatic heterocycles. The molecule has 0 unspecified atom stereocenters. The number of rotatable bonds is 5. The minimum atomic E-state index is -0.259. The monoisotopic (exact) mass is 353 g/mol. The summed E-state index contributed by atoms with van der Waals surface area (Å²) in [5.74, 6) is 0.00487. The summed E-state index contributed by atoms with van der Waals surface area (Å²) in [5, 5.41) is 12.2. The number of piperazine rings is 1. The molecule has 1 aromatic rings. The van der Waals surface area contributed by atoms with Gasteiger partial charge >= 0.3 is 0 Å². The van der Waals surface area contributed by atoms with Crippen LogP contribution >= 0.6 is 11.3 Å². The van der Waals surface area contributed by atoms with E-state index in [-0.39, 0.29) is 17.9 Å². The van der Waals surface area contributed by atoms with Gasteiger partial charge in [-0.1, -0.05) is 18.3 Å². The van der Waals surface area contributed by atoms with E-state index in [0.717, 1.165) is 24.3 Å². The molecule has 1 atom stereocenters. The fourth-order valence-corrected chi connectivity index (χ4v) is 3.61. The molecule has 2 saturated heterocycles. The van der Waals surface area contributed by atoms with Crippen LogP contribution in [-0.4, -0.2) is 77.2 Å². The third-order valence-electron chi connectivity index (χ3n) is 4.27. The number of ether oxygens (including phenoxy) is 1. The second kappa shape index (κ2) is 8.00. The summed E-state index contributed by atoms with van der Waals surface area (Å²) in [4.78, 5) is 28.3. The first-order valence-electron chi connectivity index (χ1n) is 8.40. The Morgan fingerprint density at radius 1 is 1.29 bits per heavy atom. The van der Waals surface area contributed by atoms with Crippen molar-refractivity contribution in [2.75, 3.05) is 44.6 Å². The maximum atomic E-state index is 12.3. The number of anilines is 1. The molecule has 2 amide bonds. The highest BCUT2D eigenvalue weighted by atomic mass is 32.1. The number of aryl methyl sites for hydroxylation is 1. The largest absolute Gasteiger partial charge is 0.368 e. The Morgan fingerprint density at radius 3 is 2.71 bits per heavy atom. The number of hydrogen-bond acceptors (Lipinski definition) is 7. The molecule has 0 radical (unpaired) electrons. The Labute approximate surface area is 145 Å². The second-order valence-electron chi connectivity index (χ2n) is 6.01. The summed E-state index contributed by atoms with van der Waals surface area (Å²) < 4.78 is 5.46. The van der Waals surface area contributed by atoms with Crippen molar-refractivity contribution >= 4 is 28.3 Å². The van der Waals surface area contributed by atoms with Crippen LogP contribution < -0.4 is 5.32 Å². The smallest absolute Gasteiger partial charge is 0.251 e. The minimum Gasteiger partial charge on any atom is -0.368 e. The zero-order chi connectivity index (χ0) is 16.9. The molecule has 0 aromatic carbocycles. The van der Waals surface area contributed by atoms with Gasteiger partial charge in [-0.05, 0) is 19.3 Å². The van der Waals surface area contributed by atoms with Gasteiger partial charge in [-0.3, -0.25) is 19.8 Å². The van der Waals surface area contributed by atoms with Crippen molar-refractivity contribution in [3.8, 4) is 0 Å².